The quantitative estimate of drug-likeness (QED) is 0.583. The number of hydrogen-bond donors (Lipinski definition) is 2. The van der Waals surface area contributed by atoms with Crippen LogP contribution in [0.3, 0.4) is 0 Å². The summed E-state index contributed by atoms with van der Waals surface area (Å²) >= 11 is 0. The minimum atomic E-state index is -0.822. The maximum Gasteiger partial charge on any atom is 0.407 e. The summed E-state index contributed by atoms with van der Waals surface area (Å²) in [5.41, 5.74) is 4.65. The molecule has 184 valence electrons. The normalized spacial score (nSPS) is 23.0. The number of nitrogens with one attached hydrogen (secondary N) is 1. The number of aliphatic carboxylic acids is 1. The monoisotopic (exact) mass is 476 g/mol. The van der Waals surface area contributed by atoms with E-state index in [2.05, 4.69) is 29.6 Å². The largest absolute Gasteiger partial charge is 0.481 e. The van der Waals surface area contributed by atoms with E-state index in [9.17, 15) is 19.5 Å². The van der Waals surface area contributed by atoms with E-state index in [1.54, 1.807) is 4.90 Å². The summed E-state index contributed by atoms with van der Waals surface area (Å²) < 4.78 is 5.67. The Morgan fingerprint density at radius 2 is 1.71 bits per heavy atom. The second-order valence-corrected chi connectivity index (χ2v) is 9.94. The van der Waals surface area contributed by atoms with Crippen LogP contribution in [0.2, 0.25) is 0 Å². The SMILES string of the molecule is CCC[C@@H](CC(=O)N1[C@@H]2CC[C@H]1[C@@H](C(=O)O)C2)NC(=O)OCC1c2ccccc2-c2ccccc21. The van der Waals surface area contributed by atoms with E-state index in [0.717, 1.165) is 30.4 Å². The van der Waals surface area contributed by atoms with Crippen LogP contribution in [0.1, 0.15) is 62.5 Å². The molecule has 2 aliphatic heterocycles. The van der Waals surface area contributed by atoms with Crippen molar-refractivity contribution in [2.24, 2.45) is 5.92 Å². The first kappa shape index (κ1) is 23.4. The number of carboxylic acids is 1. The second-order valence-electron chi connectivity index (χ2n) is 9.94. The van der Waals surface area contributed by atoms with E-state index < -0.39 is 18.0 Å². The van der Waals surface area contributed by atoms with Crippen molar-refractivity contribution in [1.29, 1.82) is 0 Å². The van der Waals surface area contributed by atoms with Crippen LogP contribution < -0.4 is 5.32 Å². The molecular weight excluding hydrogens is 444 g/mol. The van der Waals surface area contributed by atoms with Crippen molar-refractivity contribution >= 4 is 18.0 Å². The van der Waals surface area contributed by atoms with Gasteiger partial charge >= 0.3 is 12.1 Å². The second kappa shape index (κ2) is 9.72. The van der Waals surface area contributed by atoms with Gasteiger partial charge in [0.25, 0.3) is 0 Å². The van der Waals surface area contributed by atoms with E-state index in [1.807, 2.05) is 31.2 Å². The van der Waals surface area contributed by atoms with Crippen molar-refractivity contribution in [2.75, 3.05) is 6.61 Å². The molecular formula is C28H32N2O5. The summed E-state index contributed by atoms with van der Waals surface area (Å²) in [4.78, 5) is 39.2. The molecule has 0 unspecified atom stereocenters. The van der Waals surface area contributed by atoms with Gasteiger partial charge < -0.3 is 20.1 Å². The first-order valence-corrected chi connectivity index (χ1v) is 12.6. The Morgan fingerprint density at radius 1 is 1.06 bits per heavy atom. The summed E-state index contributed by atoms with van der Waals surface area (Å²) in [6.45, 7) is 2.24. The summed E-state index contributed by atoms with van der Waals surface area (Å²) in [5.74, 6) is -1.39. The van der Waals surface area contributed by atoms with Gasteiger partial charge in [0.2, 0.25) is 5.91 Å². The molecule has 2 aromatic carbocycles. The van der Waals surface area contributed by atoms with Crippen molar-refractivity contribution in [3.8, 4) is 11.1 Å². The third-order valence-electron chi connectivity index (χ3n) is 7.87. The molecule has 0 saturated carbocycles. The van der Waals surface area contributed by atoms with Gasteiger partial charge in [-0.1, -0.05) is 61.9 Å². The maximum atomic E-state index is 13.1. The fraction of sp³-hybridized carbons (Fsp3) is 0.464. The van der Waals surface area contributed by atoms with Gasteiger partial charge in [0.15, 0.2) is 0 Å². The zero-order valence-corrected chi connectivity index (χ0v) is 20.0. The molecule has 7 heteroatoms. The van der Waals surface area contributed by atoms with E-state index in [4.69, 9.17) is 4.74 Å². The van der Waals surface area contributed by atoms with Gasteiger partial charge in [-0.15, -0.1) is 0 Å². The number of carboxylic acid groups (broad SMARTS) is 1. The lowest BCUT2D eigenvalue weighted by Crippen LogP contribution is -2.43. The smallest absolute Gasteiger partial charge is 0.407 e. The summed E-state index contributed by atoms with van der Waals surface area (Å²) in [6.07, 6.45) is 3.24. The average molecular weight is 477 g/mol. The summed E-state index contributed by atoms with van der Waals surface area (Å²) in [6, 6.07) is 15.8. The van der Waals surface area contributed by atoms with Crippen LogP contribution in [0.4, 0.5) is 4.79 Å². The highest BCUT2D eigenvalue weighted by atomic mass is 16.5. The van der Waals surface area contributed by atoms with Gasteiger partial charge in [0.05, 0.1) is 5.92 Å². The van der Waals surface area contributed by atoms with Crippen molar-refractivity contribution in [3.05, 3.63) is 59.7 Å². The third-order valence-corrected chi connectivity index (χ3v) is 7.87. The van der Waals surface area contributed by atoms with E-state index >= 15 is 0 Å². The molecule has 0 radical (unpaired) electrons. The summed E-state index contributed by atoms with van der Waals surface area (Å²) in [5, 5.41) is 12.4. The molecule has 2 bridgehead atoms. The maximum absolute atomic E-state index is 13.1. The van der Waals surface area contributed by atoms with Gasteiger partial charge in [0.1, 0.15) is 6.61 Å². The highest BCUT2D eigenvalue weighted by molar-refractivity contribution is 5.82. The molecule has 4 atom stereocenters. The fourth-order valence-corrected chi connectivity index (χ4v) is 6.34. The molecule has 2 aromatic rings. The van der Waals surface area contributed by atoms with Crippen molar-refractivity contribution in [3.63, 3.8) is 0 Å². The van der Waals surface area contributed by atoms with Crippen LogP contribution in [0.25, 0.3) is 11.1 Å². The highest BCUT2D eigenvalue weighted by Gasteiger charge is 2.51. The minimum absolute atomic E-state index is 0.00494. The molecule has 7 nitrogen and oxygen atoms in total. The van der Waals surface area contributed by atoms with Crippen LogP contribution in [-0.2, 0) is 14.3 Å². The number of carbonyl (C=O) groups is 3. The van der Waals surface area contributed by atoms with Crippen LogP contribution in [0, 0.1) is 5.92 Å². The molecule has 2 fully saturated rings. The van der Waals surface area contributed by atoms with Crippen LogP contribution in [-0.4, -0.2) is 52.7 Å². The number of ether oxygens (including phenoxy) is 1. The Morgan fingerprint density at radius 3 is 2.31 bits per heavy atom. The van der Waals surface area contributed by atoms with Crippen LogP contribution in [0.15, 0.2) is 48.5 Å². The lowest BCUT2D eigenvalue weighted by Gasteiger charge is -2.26. The molecule has 5 rings (SSSR count). The number of hydrogen-bond acceptors (Lipinski definition) is 4. The Labute approximate surface area is 205 Å². The Bertz CT molecular complexity index is 1090. The predicted molar refractivity (Wildman–Crippen MR) is 131 cm³/mol. The lowest BCUT2D eigenvalue weighted by molar-refractivity contribution is -0.143. The van der Waals surface area contributed by atoms with Crippen LogP contribution in [0.5, 0.6) is 0 Å². The number of alkyl carbamates (subject to hydrolysis) is 1. The van der Waals surface area contributed by atoms with Crippen molar-refractivity contribution in [2.45, 2.75) is 69.5 Å². The van der Waals surface area contributed by atoms with Gasteiger partial charge in [-0.2, -0.15) is 0 Å². The zero-order chi connectivity index (χ0) is 24.5. The zero-order valence-electron chi connectivity index (χ0n) is 20.0. The Hall–Kier alpha value is -3.35. The topological polar surface area (TPSA) is 95.9 Å². The van der Waals surface area contributed by atoms with E-state index in [-0.39, 0.29) is 43.0 Å². The van der Waals surface area contributed by atoms with Gasteiger partial charge in [-0.25, -0.2) is 4.79 Å². The number of amides is 2. The molecule has 2 heterocycles. The standard InChI is InChI=1S/C28H32N2O5/c1-2-7-17(14-26(31)30-18-12-13-25(30)23(15-18)27(32)33)29-28(34)35-16-24-21-10-5-3-8-19(21)20-9-4-6-11-22(20)24/h3-6,8-11,17-18,23-25H,2,7,12-16H2,1H3,(H,29,34)(H,32,33)/t17-,18+,23-,25-/m0/s1. The molecule has 35 heavy (non-hydrogen) atoms. The van der Waals surface area contributed by atoms with Crippen molar-refractivity contribution < 1.29 is 24.2 Å². The first-order valence-electron chi connectivity index (χ1n) is 12.6. The number of nitrogens with zero attached hydrogens (tertiary/aromatic N) is 1. The fourth-order valence-electron chi connectivity index (χ4n) is 6.34. The number of benzene rings is 2. The molecule has 0 spiro atoms. The number of carbonyl (C=O) groups excluding carboxylic acids is 2. The third kappa shape index (κ3) is 4.40. The summed E-state index contributed by atoms with van der Waals surface area (Å²) in [7, 11) is 0. The Balaban J connectivity index is 1.20. The average Bonchev–Trinajstić information content (AvgIpc) is 3.53. The Kier molecular flexibility index (Phi) is 6.50. The highest BCUT2D eigenvalue weighted by Crippen LogP contribution is 2.45. The molecule has 2 N–H and O–H groups in total. The first-order chi connectivity index (χ1) is 17.0. The van der Waals surface area contributed by atoms with Gasteiger partial charge in [0, 0.05) is 30.5 Å². The van der Waals surface area contributed by atoms with Gasteiger partial charge in [-0.3, -0.25) is 9.59 Å². The minimum Gasteiger partial charge on any atom is -0.481 e. The molecule has 2 saturated heterocycles. The van der Waals surface area contributed by atoms with E-state index in [1.165, 1.54) is 11.1 Å². The van der Waals surface area contributed by atoms with E-state index in [0.29, 0.717) is 12.8 Å². The van der Waals surface area contributed by atoms with Gasteiger partial charge in [-0.05, 0) is 47.9 Å². The van der Waals surface area contributed by atoms with Crippen molar-refractivity contribution in [1.82, 2.24) is 10.2 Å². The molecule has 0 aromatic heterocycles. The number of rotatable bonds is 8. The molecule has 2 amide bonds. The number of fused-ring (bicyclic) bond motifs is 5. The predicted octanol–water partition coefficient (Wildman–Crippen LogP) is 4.55. The molecule has 1 aliphatic carbocycles. The van der Waals surface area contributed by atoms with Crippen LogP contribution >= 0.6 is 0 Å². The lowest BCUT2D eigenvalue weighted by atomic mass is 9.89. The molecule has 3 aliphatic rings.